The summed E-state index contributed by atoms with van der Waals surface area (Å²) in [7, 11) is 0. The Labute approximate surface area is 80.4 Å². The fraction of sp³-hybridized carbons (Fsp3) is 0. The van der Waals surface area contributed by atoms with Gasteiger partial charge in [0.15, 0.2) is 0 Å². The molecule has 0 aliphatic carbocycles. The molecule has 0 aliphatic heterocycles. The van der Waals surface area contributed by atoms with E-state index in [0.29, 0.717) is 0 Å². The van der Waals surface area contributed by atoms with Crippen molar-refractivity contribution in [1.82, 2.24) is 0 Å². The second-order valence-corrected chi connectivity index (χ2v) is 0.638. The largest absolute Gasteiger partial charge is 0.258 e. The van der Waals surface area contributed by atoms with Crippen LogP contribution in [-0.2, 0) is 11.5 Å². The molecule has 0 rings (SSSR count). The molecular formula is HF2NRbS. The number of hydrogen-bond donors (Lipinski definition) is 1. The molecule has 0 saturated carbocycles. The fourth-order valence-electron chi connectivity index (χ4n) is 0. The van der Waals surface area contributed by atoms with Crippen LogP contribution >= 0.6 is 0 Å². The van der Waals surface area contributed by atoms with Gasteiger partial charge >= 0.3 is 0 Å². The number of nitrogens with one attached hydrogen (secondary N) is 1. The maximum atomic E-state index is 10.0. The molecule has 1 radical (unpaired) electrons. The van der Waals surface area contributed by atoms with Crippen LogP contribution in [0.2, 0.25) is 0 Å². The summed E-state index contributed by atoms with van der Waals surface area (Å²) in [5.74, 6) is 0. The van der Waals surface area contributed by atoms with E-state index in [1.54, 1.807) is 0 Å². The zero-order valence-corrected chi connectivity index (χ0v) is 8.40. The maximum absolute atomic E-state index is 10.0. The first kappa shape index (κ1) is 9.94. The fourth-order valence-corrected chi connectivity index (χ4v) is 0. The molecule has 27 valence electrons. The van der Waals surface area contributed by atoms with Crippen molar-refractivity contribution < 1.29 is 7.77 Å². The Balaban J connectivity index is 0. The molecule has 0 aliphatic rings. The maximum Gasteiger partial charge on any atom is 0.258 e. The van der Waals surface area contributed by atoms with Gasteiger partial charge in [0.1, 0.15) is 0 Å². The summed E-state index contributed by atoms with van der Waals surface area (Å²) < 4.78 is 25.3. The molecule has 0 spiro atoms. The van der Waals surface area contributed by atoms with Crippen LogP contribution in [0, 0.1) is 4.78 Å². The molecule has 5 heavy (non-hydrogen) atoms. The van der Waals surface area contributed by atoms with Crippen LogP contribution in [0.5, 0.6) is 0 Å². The number of rotatable bonds is 0. The summed E-state index contributed by atoms with van der Waals surface area (Å²) in [6.07, 6.45) is 0. The summed E-state index contributed by atoms with van der Waals surface area (Å²) in [6, 6.07) is 0. The molecular weight excluding hydrogens is 170 g/mol. The van der Waals surface area contributed by atoms with Gasteiger partial charge in [0.05, 0.1) is 0 Å². The van der Waals surface area contributed by atoms with Gasteiger partial charge in [-0.05, 0) is 0 Å². The molecule has 0 amide bonds. The standard InChI is InChI=1S/F2HNS.Rb/c1-4(2)3;/h3H;. The van der Waals surface area contributed by atoms with E-state index in [1.165, 1.54) is 0 Å². The zero-order chi connectivity index (χ0) is 3.58. The molecule has 0 aromatic rings. The first-order valence-corrected chi connectivity index (χ1v) is 1.54. The van der Waals surface area contributed by atoms with Crippen molar-refractivity contribution in [2.45, 2.75) is 0 Å². The Morgan fingerprint density at radius 3 is 1.40 bits per heavy atom. The van der Waals surface area contributed by atoms with Gasteiger partial charge in [-0.3, -0.25) is 0 Å². The van der Waals surface area contributed by atoms with Crippen LogP contribution in [-0.4, -0.2) is 58.2 Å². The topological polar surface area (TPSA) is 23.9 Å². The second-order valence-electron chi connectivity index (χ2n) is 0.213. The first-order chi connectivity index (χ1) is 1.73. The predicted octanol–water partition coefficient (Wildman–Crippen LogP) is 0.755. The third kappa shape index (κ3) is 25.7. The van der Waals surface area contributed by atoms with E-state index in [0.717, 1.165) is 0 Å². The molecule has 0 heterocycles. The van der Waals surface area contributed by atoms with Crippen LogP contribution in [0.4, 0.5) is 7.77 Å². The van der Waals surface area contributed by atoms with Crippen molar-refractivity contribution in [3.8, 4) is 0 Å². The summed E-state index contributed by atoms with van der Waals surface area (Å²) in [5.41, 5.74) is 0. The summed E-state index contributed by atoms with van der Waals surface area (Å²) in [4.78, 5) is 0. The summed E-state index contributed by atoms with van der Waals surface area (Å²) in [5, 5.41) is 0. The van der Waals surface area contributed by atoms with Crippen LogP contribution in [0.25, 0.3) is 0 Å². The molecule has 5 heteroatoms. The Bertz CT molecular complexity index is 32.6. The molecule has 0 atom stereocenters. The summed E-state index contributed by atoms with van der Waals surface area (Å²) in [6.45, 7) is 0. The van der Waals surface area contributed by atoms with Crippen LogP contribution in [0.1, 0.15) is 0 Å². The van der Waals surface area contributed by atoms with Crippen molar-refractivity contribution in [1.29, 1.82) is 4.78 Å². The van der Waals surface area contributed by atoms with E-state index in [1.807, 2.05) is 0 Å². The van der Waals surface area contributed by atoms with E-state index in [2.05, 4.69) is 0 Å². The van der Waals surface area contributed by atoms with E-state index in [4.69, 9.17) is 4.78 Å². The van der Waals surface area contributed by atoms with Gasteiger partial charge in [-0.25, -0.2) is 4.78 Å². The molecule has 1 nitrogen and oxygen atoms in total. The minimum absolute atomic E-state index is 0. The van der Waals surface area contributed by atoms with Crippen LogP contribution in [0.3, 0.4) is 0 Å². The minimum Gasteiger partial charge on any atom is -0.222 e. The van der Waals surface area contributed by atoms with Crippen molar-refractivity contribution in [3.63, 3.8) is 0 Å². The Morgan fingerprint density at radius 2 is 1.40 bits per heavy atom. The quantitative estimate of drug-likeness (QED) is 0.555. The molecule has 0 unspecified atom stereocenters. The monoisotopic (exact) mass is 170 g/mol. The summed E-state index contributed by atoms with van der Waals surface area (Å²) >= 11 is -3.11. The van der Waals surface area contributed by atoms with Gasteiger partial charge in [0.2, 0.25) is 0 Å². The van der Waals surface area contributed by atoms with E-state index in [9.17, 15) is 7.77 Å². The average molecular weight is 171 g/mol. The third-order valence-corrected chi connectivity index (χ3v) is 0. The second kappa shape index (κ2) is 5.82. The van der Waals surface area contributed by atoms with Crippen molar-refractivity contribution in [2.75, 3.05) is 0 Å². The predicted molar refractivity (Wildman–Crippen MR) is 18.1 cm³/mol. The van der Waals surface area contributed by atoms with Gasteiger partial charge in [0, 0.05) is 58.2 Å². The van der Waals surface area contributed by atoms with E-state index < -0.39 is 11.5 Å². The normalized spacial score (nSPS) is 7.00. The van der Waals surface area contributed by atoms with Crippen LogP contribution < -0.4 is 0 Å². The molecule has 0 aromatic carbocycles. The third-order valence-electron chi connectivity index (χ3n) is 0. The van der Waals surface area contributed by atoms with Crippen LogP contribution in [0.15, 0.2) is 0 Å². The molecule has 1 N–H and O–H groups in total. The first-order valence-electron chi connectivity index (χ1n) is 0.513. The Hall–Kier alpha value is 1.82. The number of halogens is 2. The zero-order valence-electron chi connectivity index (χ0n) is 2.66. The number of hydrogen-bond acceptors (Lipinski definition) is 1. The molecule has 0 saturated heterocycles. The van der Waals surface area contributed by atoms with Gasteiger partial charge in [-0.15, -0.1) is 7.77 Å². The van der Waals surface area contributed by atoms with E-state index in [-0.39, 0.29) is 58.2 Å². The SMILES string of the molecule is N=S(F)F.[Rb]. The van der Waals surface area contributed by atoms with Gasteiger partial charge in [-0.2, -0.15) is 0 Å². The Morgan fingerprint density at radius 1 is 1.40 bits per heavy atom. The molecule has 0 aromatic heterocycles. The van der Waals surface area contributed by atoms with Gasteiger partial charge in [-0.1, -0.05) is 0 Å². The smallest absolute Gasteiger partial charge is 0.222 e. The van der Waals surface area contributed by atoms with Gasteiger partial charge < -0.3 is 0 Å². The Kier molecular flexibility index (Phi) is 11.6. The molecule has 0 bridgehead atoms. The van der Waals surface area contributed by atoms with Crippen molar-refractivity contribution in [2.24, 2.45) is 0 Å². The van der Waals surface area contributed by atoms with Crippen molar-refractivity contribution >= 4 is 69.7 Å². The molecule has 0 fully saturated rings. The van der Waals surface area contributed by atoms with Crippen molar-refractivity contribution in [3.05, 3.63) is 0 Å². The minimum atomic E-state index is -3.11. The van der Waals surface area contributed by atoms with Gasteiger partial charge in [0.25, 0.3) is 11.5 Å². The average Bonchev–Trinajstić information content (AvgIpc) is 0.811. The van der Waals surface area contributed by atoms with E-state index >= 15 is 0 Å².